The summed E-state index contributed by atoms with van der Waals surface area (Å²) in [5, 5.41) is 2.66. The van der Waals surface area contributed by atoms with Crippen molar-refractivity contribution in [2.45, 2.75) is 6.92 Å². The molecular formula is C13H12Cl2N2O3S2. The molecule has 0 saturated carbocycles. The second kappa shape index (κ2) is 6.45. The van der Waals surface area contributed by atoms with Crippen LogP contribution in [0.15, 0.2) is 24.3 Å². The summed E-state index contributed by atoms with van der Waals surface area (Å²) < 4.78 is 25.8. The fourth-order valence-electron chi connectivity index (χ4n) is 1.70. The summed E-state index contributed by atoms with van der Waals surface area (Å²) in [6, 6.07) is 6.39. The zero-order valence-electron chi connectivity index (χ0n) is 11.6. The van der Waals surface area contributed by atoms with Crippen LogP contribution in [0, 0.1) is 6.92 Å². The van der Waals surface area contributed by atoms with Crippen molar-refractivity contribution in [1.82, 2.24) is 0 Å². The number of carbonyl (C=O) groups excluding carboxylic acids is 1. The van der Waals surface area contributed by atoms with Crippen LogP contribution >= 0.6 is 34.5 Å². The molecule has 0 unspecified atom stereocenters. The number of halogens is 2. The molecule has 0 bridgehead atoms. The molecule has 22 heavy (non-hydrogen) atoms. The number of aryl methyl sites for hydroxylation is 1. The van der Waals surface area contributed by atoms with Gasteiger partial charge in [-0.05, 0) is 30.7 Å². The molecule has 2 rings (SSSR count). The van der Waals surface area contributed by atoms with Gasteiger partial charge in [-0.2, -0.15) is 0 Å². The Morgan fingerprint density at radius 1 is 1.23 bits per heavy atom. The second-order valence-corrected chi connectivity index (χ2v) is 8.63. The first kappa shape index (κ1) is 17.1. The van der Waals surface area contributed by atoms with Gasteiger partial charge in [0.2, 0.25) is 10.0 Å². The molecule has 0 aliphatic heterocycles. The third kappa shape index (κ3) is 4.36. The van der Waals surface area contributed by atoms with Crippen molar-refractivity contribution in [2.24, 2.45) is 0 Å². The maximum absolute atomic E-state index is 12.1. The van der Waals surface area contributed by atoms with Crippen LogP contribution < -0.4 is 10.0 Å². The lowest BCUT2D eigenvalue weighted by molar-refractivity contribution is 0.102. The Morgan fingerprint density at radius 3 is 2.45 bits per heavy atom. The van der Waals surface area contributed by atoms with Gasteiger partial charge in [-0.3, -0.25) is 9.52 Å². The van der Waals surface area contributed by atoms with Gasteiger partial charge in [-0.15, -0.1) is 11.3 Å². The van der Waals surface area contributed by atoms with Gasteiger partial charge in [-0.1, -0.05) is 29.3 Å². The molecule has 0 fully saturated rings. The van der Waals surface area contributed by atoms with Gasteiger partial charge in [0.25, 0.3) is 5.91 Å². The molecule has 0 spiro atoms. The van der Waals surface area contributed by atoms with Crippen molar-refractivity contribution in [3.63, 3.8) is 0 Å². The Balaban J connectivity index is 2.25. The molecule has 1 aromatic carbocycles. The van der Waals surface area contributed by atoms with Crippen molar-refractivity contribution in [3.05, 3.63) is 44.1 Å². The maximum atomic E-state index is 12.1. The SMILES string of the molecule is Cc1ccc(NC(=O)c2cc(Cl)sc2Cl)cc1NS(C)(=O)=O. The highest BCUT2D eigenvalue weighted by molar-refractivity contribution is 7.92. The first-order chi connectivity index (χ1) is 10.2. The number of hydrogen-bond donors (Lipinski definition) is 2. The molecule has 5 nitrogen and oxygen atoms in total. The summed E-state index contributed by atoms with van der Waals surface area (Å²) in [4.78, 5) is 12.1. The van der Waals surface area contributed by atoms with Crippen LogP contribution in [-0.4, -0.2) is 20.6 Å². The quantitative estimate of drug-likeness (QED) is 0.844. The van der Waals surface area contributed by atoms with Crippen LogP contribution in [0.1, 0.15) is 15.9 Å². The average molecular weight is 379 g/mol. The van der Waals surface area contributed by atoms with Gasteiger partial charge >= 0.3 is 0 Å². The van der Waals surface area contributed by atoms with E-state index in [2.05, 4.69) is 10.0 Å². The van der Waals surface area contributed by atoms with Crippen LogP contribution in [0.4, 0.5) is 11.4 Å². The van der Waals surface area contributed by atoms with Gasteiger partial charge in [-0.25, -0.2) is 8.42 Å². The summed E-state index contributed by atoms with van der Waals surface area (Å²) in [5.74, 6) is -0.415. The van der Waals surface area contributed by atoms with Crippen LogP contribution in [-0.2, 0) is 10.0 Å². The van der Waals surface area contributed by atoms with E-state index in [1.165, 1.54) is 12.1 Å². The van der Waals surface area contributed by atoms with Crippen LogP contribution in [0.5, 0.6) is 0 Å². The maximum Gasteiger partial charge on any atom is 0.258 e. The van der Waals surface area contributed by atoms with Crippen molar-refractivity contribution < 1.29 is 13.2 Å². The third-order valence-electron chi connectivity index (χ3n) is 2.69. The number of nitrogens with one attached hydrogen (secondary N) is 2. The predicted octanol–water partition coefficient (Wildman–Crippen LogP) is 3.99. The smallest absolute Gasteiger partial charge is 0.258 e. The Hall–Kier alpha value is -1.28. The summed E-state index contributed by atoms with van der Waals surface area (Å²) in [6.07, 6.45) is 1.06. The fraction of sp³-hybridized carbons (Fsp3) is 0.154. The van der Waals surface area contributed by atoms with Gasteiger partial charge in [0.15, 0.2) is 0 Å². The van der Waals surface area contributed by atoms with E-state index < -0.39 is 15.9 Å². The number of thiophene rings is 1. The Bertz CT molecular complexity index is 832. The highest BCUT2D eigenvalue weighted by Gasteiger charge is 2.15. The lowest BCUT2D eigenvalue weighted by Gasteiger charge is -2.11. The molecule has 0 saturated heterocycles. The molecule has 1 aromatic heterocycles. The Labute approximate surface area is 142 Å². The summed E-state index contributed by atoms with van der Waals surface area (Å²) in [5.41, 5.74) is 1.85. The lowest BCUT2D eigenvalue weighted by atomic mass is 10.2. The zero-order valence-corrected chi connectivity index (χ0v) is 14.8. The van der Waals surface area contributed by atoms with Gasteiger partial charge in [0.05, 0.1) is 21.8 Å². The van der Waals surface area contributed by atoms with Crippen molar-refractivity contribution in [3.8, 4) is 0 Å². The number of sulfonamides is 1. The standard InChI is InChI=1S/C13H12Cl2N2O3S2/c1-7-3-4-8(5-10(7)17-22(2,19)20)16-13(18)9-6-11(14)21-12(9)15/h3-6,17H,1-2H3,(H,16,18). The minimum Gasteiger partial charge on any atom is -0.322 e. The van der Waals surface area contributed by atoms with E-state index >= 15 is 0 Å². The summed E-state index contributed by atoms with van der Waals surface area (Å²) in [7, 11) is -3.40. The molecule has 0 radical (unpaired) electrons. The van der Waals surface area contributed by atoms with Crippen LogP contribution in [0.2, 0.25) is 8.67 Å². The molecule has 2 N–H and O–H groups in total. The molecule has 1 amide bonds. The molecule has 1 heterocycles. The van der Waals surface area contributed by atoms with Crippen molar-refractivity contribution in [2.75, 3.05) is 16.3 Å². The molecule has 118 valence electrons. The number of amides is 1. The predicted molar refractivity (Wildman–Crippen MR) is 91.9 cm³/mol. The minimum absolute atomic E-state index is 0.273. The summed E-state index contributed by atoms with van der Waals surface area (Å²) in [6.45, 7) is 1.76. The second-order valence-electron chi connectivity index (χ2n) is 4.60. The number of anilines is 2. The topological polar surface area (TPSA) is 75.3 Å². The van der Waals surface area contributed by atoms with E-state index in [0.29, 0.717) is 20.0 Å². The van der Waals surface area contributed by atoms with Gasteiger partial charge in [0.1, 0.15) is 4.34 Å². The first-order valence-electron chi connectivity index (χ1n) is 6.00. The van der Waals surface area contributed by atoms with E-state index in [1.807, 2.05) is 0 Å². The summed E-state index contributed by atoms with van der Waals surface area (Å²) >= 11 is 12.8. The van der Waals surface area contributed by atoms with Crippen molar-refractivity contribution in [1.29, 1.82) is 0 Å². The zero-order chi connectivity index (χ0) is 16.5. The average Bonchev–Trinajstić information content (AvgIpc) is 2.71. The highest BCUT2D eigenvalue weighted by atomic mass is 35.5. The lowest BCUT2D eigenvalue weighted by Crippen LogP contribution is -2.13. The van der Waals surface area contributed by atoms with E-state index in [0.717, 1.165) is 23.2 Å². The van der Waals surface area contributed by atoms with Crippen LogP contribution in [0.3, 0.4) is 0 Å². The number of hydrogen-bond acceptors (Lipinski definition) is 4. The fourth-order valence-corrected chi connectivity index (χ4v) is 3.78. The normalized spacial score (nSPS) is 11.3. The van der Waals surface area contributed by atoms with Crippen molar-refractivity contribution >= 4 is 61.8 Å². The molecular weight excluding hydrogens is 367 g/mol. The van der Waals surface area contributed by atoms with E-state index in [-0.39, 0.29) is 5.56 Å². The molecule has 2 aromatic rings. The van der Waals surface area contributed by atoms with Gasteiger partial charge in [0, 0.05) is 5.69 Å². The van der Waals surface area contributed by atoms with E-state index in [1.54, 1.807) is 19.1 Å². The number of rotatable bonds is 4. The minimum atomic E-state index is -3.40. The molecule has 0 aliphatic carbocycles. The number of carbonyl (C=O) groups is 1. The van der Waals surface area contributed by atoms with Crippen LogP contribution in [0.25, 0.3) is 0 Å². The third-order valence-corrected chi connectivity index (χ3v) is 4.77. The van der Waals surface area contributed by atoms with E-state index in [9.17, 15) is 13.2 Å². The van der Waals surface area contributed by atoms with Gasteiger partial charge < -0.3 is 5.32 Å². The molecule has 0 atom stereocenters. The molecule has 0 aliphatic rings. The largest absolute Gasteiger partial charge is 0.322 e. The first-order valence-corrected chi connectivity index (χ1v) is 9.47. The Kier molecular flexibility index (Phi) is 5.01. The van der Waals surface area contributed by atoms with E-state index in [4.69, 9.17) is 23.2 Å². The molecule has 9 heteroatoms. The monoisotopic (exact) mass is 378 g/mol. The number of benzene rings is 1. The Morgan fingerprint density at radius 2 is 1.91 bits per heavy atom. The highest BCUT2D eigenvalue weighted by Crippen LogP contribution is 2.32.